The van der Waals surface area contributed by atoms with Gasteiger partial charge in [-0.05, 0) is 58.7 Å². The number of amides is 1. The van der Waals surface area contributed by atoms with Crippen LogP contribution in [0.25, 0.3) is 11.9 Å². The molecule has 2 rings (SSSR count). The molecule has 27 heavy (non-hydrogen) atoms. The number of aromatic nitrogens is 2. The van der Waals surface area contributed by atoms with Gasteiger partial charge in [-0.25, -0.2) is 4.79 Å². The molecule has 0 aliphatic rings. The van der Waals surface area contributed by atoms with Crippen LogP contribution in [0, 0.1) is 20.8 Å². The topological polar surface area (TPSA) is 86.4 Å². The maximum absolute atomic E-state index is 11.9. The molecular formula is C20H27N3O4. The molecule has 0 aliphatic heterocycles. The van der Waals surface area contributed by atoms with E-state index in [9.17, 15) is 9.59 Å². The third kappa shape index (κ3) is 5.32. The summed E-state index contributed by atoms with van der Waals surface area (Å²) in [5, 5.41) is 6.84. The van der Waals surface area contributed by atoms with Crippen LogP contribution in [0.5, 0.6) is 0 Å². The zero-order valence-electron chi connectivity index (χ0n) is 16.8. The molecule has 0 spiro atoms. The zero-order valence-corrected chi connectivity index (χ0v) is 16.8. The monoisotopic (exact) mass is 373 g/mol. The molecule has 1 amide bonds. The Morgan fingerprint density at radius 2 is 2.00 bits per heavy atom. The van der Waals surface area contributed by atoms with Crippen molar-refractivity contribution in [3.63, 3.8) is 0 Å². The Bertz CT molecular complexity index is 859. The van der Waals surface area contributed by atoms with Crippen molar-refractivity contribution < 1.29 is 18.8 Å². The SMILES string of the molecule is CCC(C)(C)NC(=O)COC(=O)/C=C/c1cc(C)n(-c2cc(C)on2)c1C. The Morgan fingerprint density at radius 3 is 2.59 bits per heavy atom. The number of nitrogens with one attached hydrogen (secondary N) is 1. The fourth-order valence-corrected chi connectivity index (χ4v) is 2.61. The van der Waals surface area contributed by atoms with E-state index in [4.69, 9.17) is 9.26 Å². The molecule has 0 fully saturated rings. The summed E-state index contributed by atoms with van der Waals surface area (Å²) in [6.07, 6.45) is 3.77. The Labute approximate surface area is 159 Å². The highest BCUT2D eigenvalue weighted by Gasteiger charge is 2.18. The number of rotatable bonds is 7. The Kier molecular flexibility index (Phi) is 6.25. The van der Waals surface area contributed by atoms with Gasteiger partial charge in [0.15, 0.2) is 12.4 Å². The van der Waals surface area contributed by atoms with Crippen molar-refractivity contribution >= 4 is 18.0 Å². The summed E-state index contributed by atoms with van der Waals surface area (Å²) in [6, 6.07) is 3.79. The first-order chi connectivity index (χ1) is 12.6. The molecule has 2 aromatic rings. The van der Waals surface area contributed by atoms with E-state index >= 15 is 0 Å². The molecule has 0 bridgehead atoms. The van der Waals surface area contributed by atoms with E-state index in [-0.39, 0.29) is 18.1 Å². The van der Waals surface area contributed by atoms with Gasteiger partial charge >= 0.3 is 5.97 Å². The van der Waals surface area contributed by atoms with Crippen LogP contribution in [0.15, 0.2) is 22.7 Å². The molecule has 7 nitrogen and oxygen atoms in total. The minimum Gasteiger partial charge on any atom is -0.452 e. The van der Waals surface area contributed by atoms with E-state index in [1.165, 1.54) is 6.08 Å². The molecule has 1 N–H and O–H groups in total. The molecule has 2 heterocycles. The van der Waals surface area contributed by atoms with Crippen LogP contribution in [-0.4, -0.2) is 33.7 Å². The Morgan fingerprint density at radius 1 is 1.30 bits per heavy atom. The maximum Gasteiger partial charge on any atom is 0.331 e. The lowest BCUT2D eigenvalue weighted by molar-refractivity contribution is -0.144. The predicted octanol–water partition coefficient (Wildman–Crippen LogP) is 3.25. The molecule has 146 valence electrons. The lowest BCUT2D eigenvalue weighted by Crippen LogP contribution is -2.44. The average molecular weight is 373 g/mol. The number of carbonyl (C=O) groups excluding carboxylic acids is 2. The van der Waals surface area contributed by atoms with Gasteiger partial charge in [-0.15, -0.1) is 0 Å². The molecule has 2 aromatic heterocycles. The highest BCUT2D eigenvalue weighted by molar-refractivity contribution is 5.89. The molecular weight excluding hydrogens is 346 g/mol. The largest absolute Gasteiger partial charge is 0.452 e. The van der Waals surface area contributed by atoms with E-state index in [0.29, 0.717) is 5.82 Å². The Hall–Kier alpha value is -2.83. The smallest absolute Gasteiger partial charge is 0.331 e. The average Bonchev–Trinajstić information content (AvgIpc) is 3.13. The highest BCUT2D eigenvalue weighted by atomic mass is 16.5. The molecule has 7 heteroatoms. The van der Waals surface area contributed by atoms with Crippen LogP contribution in [0.3, 0.4) is 0 Å². The van der Waals surface area contributed by atoms with Crippen molar-refractivity contribution in [1.82, 2.24) is 15.0 Å². The van der Waals surface area contributed by atoms with Gasteiger partial charge in [-0.3, -0.25) is 9.36 Å². The fourth-order valence-electron chi connectivity index (χ4n) is 2.61. The highest BCUT2D eigenvalue weighted by Crippen LogP contribution is 2.21. The van der Waals surface area contributed by atoms with Crippen LogP contribution in [0.1, 0.15) is 49.9 Å². The summed E-state index contributed by atoms with van der Waals surface area (Å²) < 4.78 is 12.1. The van der Waals surface area contributed by atoms with Gasteiger partial charge < -0.3 is 14.6 Å². The summed E-state index contributed by atoms with van der Waals surface area (Å²) in [6.45, 7) is 11.2. The third-order valence-corrected chi connectivity index (χ3v) is 4.42. The maximum atomic E-state index is 11.9. The summed E-state index contributed by atoms with van der Waals surface area (Å²) in [5.41, 5.74) is 2.43. The van der Waals surface area contributed by atoms with Crippen LogP contribution < -0.4 is 5.32 Å². The second-order valence-electron chi connectivity index (χ2n) is 7.18. The summed E-state index contributed by atoms with van der Waals surface area (Å²) in [7, 11) is 0. The first kappa shape index (κ1) is 20.5. The Balaban J connectivity index is 2.00. The molecule has 0 aliphatic carbocycles. The number of hydrogen-bond donors (Lipinski definition) is 1. The van der Waals surface area contributed by atoms with Crippen LogP contribution in [0.4, 0.5) is 0 Å². The second kappa shape index (κ2) is 8.24. The van der Waals surface area contributed by atoms with Gasteiger partial charge in [-0.1, -0.05) is 12.1 Å². The van der Waals surface area contributed by atoms with Crippen LogP contribution in [-0.2, 0) is 14.3 Å². The van der Waals surface area contributed by atoms with Crippen LogP contribution >= 0.6 is 0 Å². The van der Waals surface area contributed by atoms with Crippen molar-refractivity contribution in [2.75, 3.05) is 6.61 Å². The fraction of sp³-hybridized carbons (Fsp3) is 0.450. The minimum atomic E-state index is -0.568. The van der Waals surface area contributed by atoms with Crippen molar-refractivity contribution in [2.45, 2.75) is 53.5 Å². The van der Waals surface area contributed by atoms with Gasteiger partial charge in [0, 0.05) is 29.1 Å². The minimum absolute atomic E-state index is 0.302. The molecule has 0 aromatic carbocycles. The van der Waals surface area contributed by atoms with Gasteiger partial charge in [0.1, 0.15) is 5.76 Å². The third-order valence-electron chi connectivity index (χ3n) is 4.42. The van der Waals surface area contributed by atoms with E-state index < -0.39 is 5.97 Å². The van der Waals surface area contributed by atoms with Crippen molar-refractivity contribution in [2.24, 2.45) is 0 Å². The van der Waals surface area contributed by atoms with E-state index in [0.717, 1.165) is 29.1 Å². The summed E-state index contributed by atoms with van der Waals surface area (Å²) >= 11 is 0. The molecule has 0 atom stereocenters. The lowest BCUT2D eigenvalue weighted by Gasteiger charge is -2.24. The van der Waals surface area contributed by atoms with E-state index in [2.05, 4.69) is 10.5 Å². The van der Waals surface area contributed by atoms with E-state index in [1.54, 1.807) is 6.08 Å². The number of carbonyl (C=O) groups is 2. The lowest BCUT2D eigenvalue weighted by atomic mass is 10.0. The van der Waals surface area contributed by atoms with Gasteiger partial charge in [-0.2, -0.15) is 0 Å². The van der Waals surface area contributed by atoms with Gasteiger partial charge in [0.2, 0.25) is 0 Å². The van der Waals surface area contributed by atoms with Crippen LogP contribution in [0.2, 0.25) is 0 Å². The van der Waals surface area contributed by atoms with Crippen molar-refractivity contribution in [3.05, 3.63) is 40.9 Å². The molecule has 0 saturated heterocycles. The number of hydrogen-bond acceptors (Lipinski definition) is 5. The number of ether oxygens (including phenoxy) is 1. The zero-order chi connectivity index (χ0) is 20.2. The van der Waals surface area contributed by atoms with E-state index in [1.807, 2.05) is 58.2 Å². The predicted molar refractivity (Wildman–Crippen MR) is 103 cm³/mol. The standard InChI is InChI=1S/C20H27N3O4/c1-7-20(5,6)21-18(24)12-26-19(25)9-8-16-10-13(2)23(15(16)4)17-11-14(3)27-22-17/h8-11H,7,12H2,1-6H3,(H,21,24)/b9-8+. The summed E-state index contributed by atoms with van der Waals surface area (Å²) in [5.74, 6) is 0.535. The van der Waals surface area contributed by atoms with Crippen molar-refractivity contribution in [3.8, 4) is 5.82 Å². The first-order valence-corrected chi connectivity index (χ1v) is 8.91. The summed E-state index contributed by atoms with van der Waals surface area (Å²) in [4.78, 5) is 23.7. The quantitative estimate of drug-likeness (QED) is 0.595. The number of nitrogens with zero attached hydrogens (tertiary/aromatic N) is 2. The van der Waals surface area contributed by atoms with Crippen molar-refractivity contribution in [1.29, 1.82) is 0 Å². The number of aryl methyl sites for hydroxylation is 2. The van der Waals surface area contributed by atoms with Gasteiger partial charge in [0.25, 0.3) is 5.91 Å². The molecule has 0 saturated carbocycles. The normalized spacial score (nSPS) is 11.8. The molecule has 0 radical (unpaired) electrons. The number of esters is 1. The first-order valence-electron chi connectivity index (χ1n) is 8.91. The second-order valence-corrected chi connectivity index (χ2v) is 7.18. The van der Waals surface area contributed by atoms with Gasteiger partial charge in [0.05, 0.1) is 0 Å². The molecule has 0 unspecified atom stereocenters.